The molecule has 1 N–H and O–H groups in total. The van der Waals surface area contributed by atoms with Crippen LogP contribution in [-0.4, -0.2) is 12.6 Å². The van der Waals surface area contributed by atoms with Crippen molar-refractivity contribution in [2.24, 2.45) is 23.7 Å². The third kappa shape index (κ3) is 4.23. The fourth-order valence-corrected chi connectivity index (χ4v) is 5.00. The molecule has 2 aliphatic rings. The average molecular weight is 280 g/mol. The molecule has 1 heteroatoms. The molecule has 0 heterocycles. The summed E-state index contributed by atoms with van der Waals surface area (Å²) >= 11 is 0. The molecule has 0 aliphatic heterocycles. The van der Waals surface area contributed by atoms with Gasteiger partial charge < -0.3 is 5.32 Å². The number of nitrogens with one attached hydrogen (secondary N) is 1. The summed E-state index contributed by atoms with van der Waals surface area (Å²) in [4.78, 5) is 0. The van der Waals surface area contributed by atoms with Crippen molar-refractivity contribution in [2.45, 2.75) is 91.0 Å². The van der Waals surface area contributed by atoms with Crippen LogP contribution in [0.3, 0.4) is 0 Å². The second kappa shape index (κ2) is 8.41. The van der Waals surface area contributed by atoms with Crippen LogP contribution in [0, 0.1) is 23.7 Å². The van der Waals surface area contributed by atoms with E-state index < -0.39 is 0 Å². The monoisotopic (exact) mass is 279 g/mol. The fraction of sp³-hybridized carbons (Fsp3) is 1.00. The zero-order valence-corrected chi connectivity index (χ0v) is 14.2. The maximum atomic E-state index is 3.99. The van der Waals surface area contributed by atoms with Gasteiger partial charge in [0.15, 0.2) is 0 Å². The number of hydrogen-bond donors (Lipinski definition) is 1. The zero-order valence-electron chi connectivity index (χ0n) is 14.2. The smallest absolute Gasteiger partial charge is 0.0126 e. The van der Waals surface area contributed by atoms with E-state index in [1.807, 2.05) is 0 Å². The highest BCUT2D eigenvalue weighted by atomic mass is 14.9. The molecule has 5 atom stereocenters. The SMILES string of the molecule is CCCNC(C1CCCC(C)C1)C1CCCCC1CC. The van der Waals surface area contributed by atoms with Gasteiger partial charge in [0.05, 0.1) is 0 Å². The summed E-state index contributed by atoms with van der Waals surface area (Å²) < 4.78 is 0. The van der Waals surface area contributed by atoms with Gasteiger partial charge in [-0.15, -0.1) is 0 Å². The van der Waals surface area contributed by atoms with Crippen molar-refractivity contribution >= 4 is 0 Å². The largest absolute Gasteiger partial charge is 0.313 e. The van der Waals surface area contributed by atoms with Crippen LogP contribution in [0.25, 0.3) is 0 Å². The molecule has 2 saturated carbocycles. The summed E-state index contributed by atoms with van der Waals surface area (Å²) in [5, 5.41) is 3.99. The molecule has 0 bridgehead atoms. The van der Waals surface area contributed by atoms with E-state index in [1.165, 1.54) is 70.8 Å². The Labute approximate surface area is 127 Å². The van der Waals surface area contributed by atoms with Crippen molar-refractivity contribution in [3.63, 3.8) is 0 Å². The van der Waals surface area contributed by atoms with E-state index in [2.05, 4.69) is 26.1 Å². The van der Waals surface area contributed by atoms with Gasteiger partial charge in [0.25, 0.3) is 0 Å². The fourth-order valence-electron chi connectivity index (χ4n) is 5.00. The molecule has 1 nitrogen and oxygen atoms in total. The highest BCUT2D eigenvalue weighted by Crippen LogP contribution is 2.41. The molecule has 0 aromatic heterocycles. The van der Waals surface area contributed by atoms with Crippen molar-refractivity contribution in [3.05, 3.63) is 0 Å². The summed E-state index contributed by atoms with van der Waals surface area (Å²) in [6.07, 6.45) is 14.5. The Hall–Kier alpha value is -0.0400. The molecule has 0 spiro atoms. The van der Waals surface area contributed by atoms with E-state index in [9.17, 15) is 0 Å². The van der Waals surface area contributed by atoms with Crippen LogP contribution in [0.5, 0.6) is 0 Å². The summed E-state index contributed by atoms with van der Waals surface area (Å²) in [6, 6.07) is 0.822. The molecule has 2 fully saturated rings. The van der Waals surface area contributed by atoms with Crippen molar-refractivity contribution < 1.29 is 0 Å². The van der Waals surface area contributed by atoms with Crippen LogP contribution in [0.15, 0.2) is 0 Å². The zero-order chi connectivity index (χ0) is 14.4. The molecule has 0 radical (unpaired) electrons. The summed E-state index contributed by atoms with van der Waals surface area (Å²) in [6.45, 7) is 8.43. The normalized spacial score (nSPS) is 36.8. The van der Waals surface area contributed by atoms with Gasteiger partial charge in [-0.2, -0.15) is 0 Å². The quantitative estimate of drug-likeness (QED) is 0.686. The Balaban J connectivity index is 2.04. The van der Waals surface area contributed by atoms with E-state index in [-0.39, 0.29) is 0 Å². The van der Waals surface area contributed by atoms with Crippen molar-refractivity contribution in [3.8, 4) is 0 Å². The lowest BCUT2D eigenvalue weighted by Crippen LogP contribution is -2.47. The van der Waals surface area contributed by atoms with Crippen LogP contribution in [0.4, 0.5) is 0 Å². The van der Waals surface area contributed by atoms with Gasteiger partial charge in [-0.3, -0.25) is 0 Å². The standard InChI is InChI=1S/C19H37N/c1-4-13-20-19(17-11-8-9-15(3)14-17)18-12-7-6-10-16(18)5-2/h15-20H,4-14H2,1-3H3. The van der Waals surface area contributed by atoms with Crippen molar-refractivity contribution in [2.75, 3.05) is 6.54 Å². The minimum absolute atomic E-state index is 0.822. The Morgan fingerprint density at radius 2 is 1.80 bits per heavy atom. The molecule has 0 saturated heterocycles. The van der Waals surface area contributed by atoms with Gasteiger partial charge >= 0.3 is 0 Å². The molecular weight excluding hydrogens is 242 g/mol. The topological polar surface area (TPSA) is 12.0 Å². The Morgan fingerprint density at radius 1 is 1.00 bits per heavy atom. The van der Waals surface area contributed by atoms with Crippen molar-refractivity contribution in [1.29, 1.82) is 0 Å². The molecule has 2 aliphatic carbocycles. The summed E-state index contributed by atoms with van der Waals surface area (Å²) in [5.74, 6) is 3.89. The highest BCUT2D eigenvalue weighted by molar-refractivity contribution is 4.90. The van der Waals surface area contributed by atoms with Crippen molar-refractivity contribution in [1.82, 2.24) is 5.32 Å². The molecule has 2 rings (SSSR count). The van der Waals surface area contributed by atoms with Gasteiger partial charge in [-0.25, -0.2) is 0 Å². The second-order valence-electron chi connectivity index (χ2n) is 7.63. The first-order valence-corrected chi connectivity index (χ1v) is 9.49. The molecule has 0 amide bonds. The predicted octanol–water partition coefficient (Wildman–Crippen LogP) is 5.40. The van der Waals surface area contributed by atoms with E-state index in [0.717, 1.165) is 29.7 Å². The van der Waals surface area contributed by atoms with Crippen LogP contribution < -0.4 is 5.32 Å². The maximum absolute atomic E-state index is 3.99. The van der Waals surface area contributed by atoms with E-state index >= 15 is 0 Å². The molecule has 0 aromatic rings. The van der Waals surface area contributed by atoms with Crippen LogP contribution in [-0.2, 0) is 0 Å². The van der Waals surface area contributed by atoms with Gasteiger partial charge in [-0.05, 0) is 55.9 Å². The molecule has 0 aromatic carbocycles. The molecule has 118 valence electrons. The van der Waals surface area contributed by atoms with E-state index in [4.69, 9.17) is 0 Å². The predicted molar refractivity (Wildman–Crippen MR) is 88.9 cm³/mol. The Morgan fingerprint density at radius 3 is 2.50 bits per heavy atom. The minimum atomic E-state index is 0.822. The van der Waals surface area contributed by atoms with E-state index in [1.54, 1.807) is 0 Å². The first kappa shape index (κ1) is 16.3. The molecule has 20 heavy (non-hydrogen) atoms. The lowest BCUT2D eigenvalue weighted by Gasteiger charge is -2.43. The highest BCUT2D eigenvalue weighted by Gasteiger charge is 2.36. The molecular formula is C19H37N. The summed E-state index contributed by atoms with van der Waals surface area (Å²) in [7, 11) is 0. The number of hydrogen-bond acceptors (Lipinski definition) is 1. The summed E-state index contributed by atoms with van der Waals surface area (Å²) in [5.41, 5.74) is 0. The van der Waals surface area contributed by atoms with Crippen LogP contribution in [0.2, 0.25) is 0 Å². The third-order valence-corrected chi connectivity index (χ3v) is 6.07. The maximum Gasteiger partial charge on any atom is 0.0126 e. The van der Waals surface area contributed by atoms with Crippen LogP contribution >= 0.6 is 0 Å². The lowest BCUT2D eigenvalue weighted by atomic mass is 9.67. The minimum Gasteiger partial charge on any atom is -0.313 e. The lowest BCUT2D eigenvalue weighted by molar-refractivity contribution is 0.107. The first-order chi connectivity index (χ1) is 9.76. The average Bonchev–Trinajstić information content (AvgIpc) is 2.48. The third-order valence-electron chi connectivity index (χ3n) is 6.07. The van der Waals surface area contributed by atoms with E-state index in [0.29, 0.717) is 0 Å². The first-order valence-electron chi connectivity index (χ1n) is 9.49. The second-order valence-corrected chi connectivity index (χ2v) is 7.63. The molecule has 5 unspecified atom stereocenters. The Bertz CT molecular complexity index is 262. The Kier molecular flexibility index (Phi) is 6.87. The van der Waals surface area contributed by atoms with Gasteiger partial charge in [-0.1, -0.05) is 59.3 Å². The number of rotatable bonds is 6. The van der Waals surface area contributed by atoms with Gasteiger partial charge in [0, 0.05) is 6.04 Å². The van der Waals surface area contributed by atoms with Crippen LogP contribution in [0.1, 0.15) is 85.0 Å². The van der Waals surface area contributed by atoms with Gasteiger partial charge in [0.2, 0.25) is 0 Å². The van der Waals surface area contributed by atoms with Gasteiger partial charge in [0.1, 0.15) is 0 Å².